The van der Waals surface area contributed by atoms with Crippen LogP contribution in [0, 0.1) is 17.5 Å². The summed E-state index contributed by atoms with van der Waals surface area (Å²) in [5.74, 6) is -6.66. The summed E-state index contributed by atoms with van der Waals surface area (Å²) in [7, 11) is -3.86. The van der Waals surface area contributed by atoms with E-state index in [1.54, 1.807) is 12.1 Å². The summed E-state index contributed by atoms with van der Waals surface area (Å²) in [4.78, 5) is 24.1. The largest absolute Gasteiger partial charge is 0.452 e. The highest BCUT2D eigenvalue weighted by atomic mass is 32.2. The van der Waals surface area contributed by atoms with Gasteiger partial charge in [-0.25, -0.2) is 26.4 Å². The Morgan fingerprint density at radius 2 is 1.66 bits per heavy atom. The molecule has 0 fully saturated rings. The van der Waals surface area contributed by atoms with Gasteiger partial charge in [0.15, 0.2) is 24.1 Å². The third-order valence-electron chi connectivity index (χ3n) is 5.39. The highest BCUT2D eigenvalue weighted by Gasteiger charge is 2.29. The van der Waals surface area contributed by atoms with E-state index >= 15 is 0 Å². The third kappa shape index (κ3) is 4.99. The average Bonchev–Trinajstić information content (AvgIpc) is 2.87. The first-order chi connectivity index (χ1) is 16.7. The lowest BCUT2D eigenvalue weighted by Gasteiger charge is -2.30. The first-order valence-electron chi connectivity index (χ1n) is 10.5. The predicted octanol–water partition coefficient (Wildman–Crippen LogP) is 4.04. The summed E-state index contributed by atoms with van der Waals surface area (Å²) in [6.45, 7) is -0.501. The minimum Gasteiger partial charge on any atom is -0.452 e. The number of carbonyl (C=O) groups excluding carboxylic acids is 2. The van der Waals surface area contributed by atoms with E-state index in [-0.39, 0.29) is 10.5 Å². The van der Waals surface area contributed by atoms with Crippen molar-refractivity contribution in [3.05, 3.63) is 89.2 Å². The van der Waals surface area contributed by atoms with E-state index in [0.717, 1.165) is 18.1 Å². The summed E-state index contributed by atoms with van der Waals surface area (Å²) < 4.78 is 72.4. The monoisotopic (exact) mass is 504 g/mol. The van der Waals surface area contributed by atoms with Crippen LogP contribution in [0.5, 0.6) is 0 Å². The van der Waals surface area contributed by atoms with Gasteiger partial charge in [0, 0.05) is 6.54 Å². The molecule has 3 aromatic carbocycles. The molecule has 0 saturated heterocycles. The van der Waals surface area contributed by atoms with Crippen molar-refractivity contribution in [2.45, 2.75) is 17.7 Å². The van der Waals surface area contributed by atoms with Crippen molar-refractivity contribution in [2.75, 3.05) is 22.8 Å². The smallest absolute Gasteiger partial charge is 0.338 e. The first kappa shape index (κ1) is 24.3. The molecular weight excluding hydrogens is 485 g/mol. The third-order valence-corrected chi connectivity index (χ3v) is 7.22. The predicted molar refractivity (Wildman–Crippen MR) is 121 cm³/mol. The first-order valence-corrected chi connectivity index (χ1v) is 11.9. The van der Waals surface area contributed by atoms with Gasteiger partial charge in [-0.05, 0) is 60.9 Å². The van der Waals surface area contributed by atoms with E-state index in [1.807, 2.05) is 17.4 Å². The normalized spacial score (nSPS) is 13.2. The number of amides is 1. The van der Waals surface area contributed by atoms with E-state index in [2.05, 4.69) is 0 Å². The van der Waals surface area contributed by atoms with E-state index in [0.29, 0.717) is 24.7 Å². The van der Waals surface area contributed by atoms with Gasteiger partial charge in [0.2, 0.25) is 0 Å². The molecule has 0 spiro atoms. The van der Waals surface area contributed by atoms with Crippen LogP contribution < -0.4 is 9.62 Å². The Balaban J connectivity index is 1.40. The summed E-state index contributed by atoms with van der Waals surface area (Å²) in [5, 5.41) is 1.98. The highest BCUT2D eigenvalue weighted by molar-refractivity contribution is 7.92. The zero-order chi connectivity index (χ0) is 25.2. The zero-order valence-corrected chi connectivity index (χ0v) is 18.9. The van der Waals surface area contributed by atoms with Gasteiger partial charge in [-0.15, -0.1) is 0 Å². The topological polar surface area (TPSA) is 92.8 Å². The van der Waals surface area contributed by atoms with Gasteiger partial charge in [-0.2, -0.15) is 0 Å². The molecule has 11 heteroatoms. The molecule has 1 heterocycles. The van der Waals surface area contributed by atoms with Gasteiger partial charge in [0.05, 0.1) is 21.8 Å². The summed E-state index contributed by atoms with van der Waals surface area (Å²) in [6.07, 6.45) is 1.46. The molecule has 4 rings (SSSR count). The number of halogens is 3. The number of esters is 1. The summed E-state index contributed by atoms with van der Waals surface area (Å²) in [6, 6.07) is 13.7. The minimum absolute atomic E-state index is 0.0164. The molecule has 1 amide bonds. The Hall–Kier alpha value is -3.86. The van der Waals surface area contributed by atoms with E-state index in [4.69, 9.17) is 4.74 Å². The second-order valence-electron chi connectivity index (χ2n) is 7.68. The molecule has 0 aliphatic carbocycles. The van der Waals surface area contributed by atoms with Crippen LogP contribution in [0.2, 0.25) is 0 Å². The highest BCUT2D eigenvalue weighted by Crippen LogP contribution is 2.31. The van der Waals surface area contributed by atoms with Crippen LogP contribution in [-0.4, -0.2) is 33.4 Å². The average molecular weight is 504 g/mol. The van der Waals surface area contributed by atoms with E-state index < -0.39 is 51.6 Å². The van der Waals surface area contributed by atoms with E-state index in [9.17, 15) is 31.2 Å². The molecule has 3 aromatic rings. The fourth-order valence-electron chi connectivity index (χ4n) is 3.66. The molecule has 0 saturated carbocycles. The second kappa shape index (κ2) is 9.79. The Morgan fingerprint density at radius 1 is 0.943 bits per heavy atom. The van der Waals surface area contributed by atoms with Crippen molar-refractivity contribution in [3.8, 4) is 0 Å². The lowest BCUT2D eigenvalue weighted by molar-refractivity contribution is -0.119. The quantitative estimate of drug-likeness (QED) is 0.404. The van der Waals surface area contributed by atoms with Crippen molar-refractivity contribution >= 4 is 33.3 Å². The van der Waals surface area contributed by atoms with Gasteiger partial charge in [-0.1, -0.05) is 18.2 Å². The molecule has 7 nitrogen and oxygen atoms in total. The standard InChI is InChI=1S/C24H19F3N2O5S/c25-18-11-12-19(23(27)22(18)26)28-21(30)14-34-24(31)16-7-9-17(10-8-16)35(32,33)29-13-3-5-15-4-1-2-6-20(15)29/h1-2,4,6-12H,3,5,13-14H2,(H,28,30). The lowest BCUT2D eigenvalue weighted by Crippen LogP contribution is -2.35. The Kier molecular flexibility index (Phi) is 6.79. The molecule has 1 N–H and O–H groups in total. The van der Waals surface area contributed by atoms with Crippen molar-refractivity contribution in [2.24, 2.45) is 0 Å². The molecular formula is C24H19F3N2O5S. The maximum atomic E-state index is 13.6. The van der Waals surface area contributed by atoms with Gasteiger partial charge in [-0.3, -0.25) is 9.10 Å². The van der Waals surface area contributed by atoms with Gasteiger partial charge >= 0.3 is 5.97 Å². The zero-order valence-electron chi connectivity index (χ0n) is 18.1. The van der Waals surface area contributed by atoms with Crippen LogP contribution in [0.4, 0.5) is 24.5 Å². The van der Waals surface area contributed by atoms with Crippen LogP contribution >= 0.6 is 0 Å². The molecule has 0 aromatic heterocycles. The molecule has 1 aliphatic heterocycles. The fourth-order valence-corrected chi connectivity index (χ4v) is 5.20. The maximum Gasteiger partial charge on any atom is 0.338 e. The number of aryl methyl sites for hydroxylation is 1. The second-order valence-corrected chi connectivity index (χ2v) is 9.54. The number of rotatable bonds is 6. The number of carbonyl (C=O) groups is 2. The number of para-hydroxylation sites is 1. The van der Waals surface area contributed by atoms with E-state index in [1.165, 1.54) is 28.6 Å². The Labute approximate surface area is 199 Å². The van der Waals surface area contributed by atoms with Gasteiger partial charge < -0.3 is 10.1 Å². The van der Waals surface area contributed by atoms with Gasteiger partial charge in [0.25, 0.3) is 15.9 Å². The number of ether oxygens (including phenoxy) is 1. The van der Waals surface area contributed by atoms with Crippen LogP contribution in [0.3, 0.4) is 0 Å². The van der Waals surface area contributed by atoms with Crippen molar-refractivity contribution in [1.82, 2.24) is 0 Å². The maximum absolute atomic E-state index is 13.6. The fraction of sp³-hybridized carbons (Fsp3) is 0.167. The van der Waals surface area contributed by atoms with Crippen molar-refractivity contribution in [1.29, 1.82) is 0 Å². The molecule has 35 heavy (non-hydrogen) atoms. The number of fused-ring (bicyclic) bond motifs is 1. The SMILES string of the molecule is O=C(COC(=O)c1ccc(S(=O)(=O)N2CCCc3ccccc32)cc1)Nc1ccc(F)c(F)c1F. The van der Waals surface area contributed by atoms with Crippen LogP contribution in [0.1, 0.15) is 22.3 Å². The lowest BCUT2D eigenvalue weighted by atomic mass is 10.0. The number of hydrogen-bond donors (Lipinski definition) is 1. The number of nitrogens with zero attached hydrogens (tertiary/aromatic N) is 1. The van der Waals surface area contributed by atoms with Crippen molar-refractivity contribution in [3.63, 3.8) is 0 Å². The van der Waals surface area contributed by atoms with Gasteiger partial charge in [0.1, 0.15) is 0 Å². The number of hydrogen-bond acceptors (Lipinski definition) is 5. The molecule has 182 valence electrons. The number of sulfonamides is 1. The summed E-state index contributed by atoms with van der Waals surface area (Å²) >= 11 is 0. The number of anilines is 2. The molecule has 0 bridgehead atoms. The summed E-state index contributed by atoms with van der Waals surface area (Å²) in [5.41, 5.74) is 0.920. The minimum atomic E-state index is -3.86. The van der Waals surface area contributed by atoms with Crippen LogP contribution in [0.25, 0.3) is 0 Å². The number of nitrogens with one attached hydrogen (secondary N) is 1. The van der Waals surface area contributed by atoms with Crippen LogP contribution in [-0.2, 0) is 26.0 Å². The molecule has 0 unspecified atom stereocenters. The number of benzene rings is 3. The molecule has 1 aliphatic rings. The van der Waals surface area contributed by atoms with Crippen LogP contribution in [0.15, 0.2) is 65.6 Å². The van der Waals surface area contributed by atoms with Crippen molar-refractivity contribution < 1.29 is 35.9 Å². The molecule has 0 radical (unpaired) electrons. The molecule has 0 atom stereocenters. The Morgan fingerprint density at radius 3 is 2.40 bits per heavy atom. The Bertz CT molecular complexity index is 1390.